The van der Waals surface area contributed by atoms with E-state index in [1.165, 1.54) is 42.7 Å². The number of benzene rings is 5. The zero-order valence-corrected chi connectivity index (χ0v) is 15.9. The standard InChI is InChI=1S/C24H19OSi/c1-25-20-8-3-4-9-22(20)26(2)21-15-13-18-11-10-16-6-5-7-17-12-14-19(21)24(18)23(16)17/h3-15H,1-2H3. The molecule has 0 fully saturated rings. The van der Waals surface area contributed by atoms with E-state index < -0.39 is 8.80 Å². The van der Waals surface area contributed by atoms with E-state index in [9.17, 15) is 0 Å². The van der Waals surface area contributed by atoms with Crippen LogP contribution in [0.3, 0.4) is 0 Å². The Kier molecular flexibility index (Phi) is 3.47. The largest absolute Gasteiger partial charge is 0.497 e. The van der Waals surface area contributed by atoms with Crippen molar-refractivity contribution in [1.82, 2.24) is 0 Å². The van der Waals surface area contributed by atoms with Gasteiger partial charge in [0.05, 0.1) is 7.11 Å². The molecule has 0 heterocycles. The van der Waals surface area contributed by atoms with Gasteiger partial charge in [-0.3, -0.25) is 0 Å². The molecule has 0 amide bonds. The van der Waals surface area contributed by atoms with E-state index in [4.69, 9.17) is 4.74 Å². The van der Waals surface area contributed by atoms with Crippen LogP contribution >= 0.6 is 0 Å². The van der Waals surface area contributed by atoms with Gasteiger partial charge in [-0.15, -0.1) is 0 Å². The minimum absolute atomic E-state index is 0.934. The van der Waals surface area contributed by atoms with Crippen LogP contribution < -0.4 is 15.1 Å². The molecule has 0 N–H and O–H groups in total. The number of ether oxygens (including phenoxy) is 1. The van der Waals surface area contributed by atoms with E-state index in [2.05, 4.69) is 79.3 Å². The third-order valence-electron chi connectivity index (χ3n) is 5.44. The number of rotatable bonds is 3. The normalized spacial score (nSPS) is 11.8. The molecule has 0 atom stereocenters. The van der Waals surface area contributed by atoms with Crippen molar-refractivity contribution in [3.8, 4) is 5.75 Å². The SMILES string of the molecule is COc1ccccc1[Si](C)c1ccc2ccc3cccc4ccc1c2c34. The van der Waals surface area contributed by atoms with Crippen LogP contribution in [0.2, 0.25) is 6.55 Å². The molecule has 0 unspecified atom stereocenters. The Hall–Kier alpha value is -2.84. The molecule has 5 rings (SSSR count). The van der Waals surface area contributed by atoms with E-state index in [0.717, 1.165) is 5.75 Å². The first-order valence-electron chi connectivity index (χ1n) is 8.92. The molecular formula is C24H19OSi. The van der Waals surface area contributed by atoms with Gasteiger partial charge in [-0.2, -0.15) is 0 Å². The molecule has 1 nitrogen and oxygen atoms in total. The molecule has 125 valence electrons. The van der Waals surface area contributed by atoms with Crippen LogP contribution in [-0.4, -0.2) is 15.9 Å². The Bertz CT molecular complexity index is 1230. The fourth-order valence-electron chi connectivity index (χ4n) is 4.16. The van der Waals surface area contributed by atoms with Crippen molar-refractivity contribution < 1.29 is 4.74 Å². The van der Waals surface area contributed by atoms with Gasteiger partial charge in [0.25, 0.3) is 0 Å². The molecule has 0 aromatic heterocycles. The summed E-state index contributed by atoms with van der Waals surface area (Å²) in [5.74, 6) is 0.995. The smallest absolute Gasteiger partial charge is 0.124 e. The number of para-hydroxylation sites is 1. The molecule has 5 aromatic rings. The summed E-state index contributed by atoms with van der Waals surface area (Å²) in [5.41, 5.74) is 0. The predicted octanol–water partition coefficient (Wildman–Crippen LogP) is 4.83. The van der Waals surface area contributed by atoms with Gasteiger partial charge in [-0.25, -0.2) is 0 Å². The summed E-state index contributed by atoms with van der Waals surface area (Å²) in [6.07, 6.45) is 0. The average molecular weight is 352 g/mol. The van der Waals surface area contributed by atoms with Gasteiger partial charge < -0.3 is 4.74 Å². The van der Waals surface area contributed by atoms with Crippen LogP contribution in [-0.2, 0) is 0 Å². The maximum atomic E-state index is 5.64. The molecular weight excluding hydrogens is 332 g/mol. The van der Waals surface area contributed by atoms with Crippen LogP contribution in [0.1, 0.15) is 0 Å². The van der Waals surface area contributed by atoms with Gasteiger partial charge in [-0.1, -0.05) is 79.3 Å². The summed E-state index contributed by atoms with van der Waals surface area (Å²) in [6.45, 7) is 2.37. The molecule has 0 saturated heterocycles. The second-order valence-corrected chi connectivity index (χ2v) is 9.12. The summed E-state index contributed by atoms with van der Waals surface area (Å²) >= 11 is 0. The predicted molar refractivity (Wildman–Crippen MR) is 114 cm³/mol. The highest BCUT2D eigenvalue weighted by Crippen LogP contribution is 2.33. The molecule has 0 saturated carbocycles. The molecule has 0 bridgehead atoms. The van der Waals surface area contributed by atoms with Gasteiger partial charge in [0.1, 0.15) is 14.5 Å². The third kappa shape index (κ3) is 2.16. The first-order chi connectivity index (χ1) is 12.8. The van der Waals surface area contributed by atoms with E-state index in [-0.39, 0.29) is 0 Å². The molecule has 26 heavy (non-hydrogen) atoms. The fraction of sp³-hybridized carbons (Fsp3) is 0.0833. The minimum Gasteiger partial charge on any atom is -0.497 e. The van der Waals surface area contributed by atoms with Gasteiger partial charge in [-0.05, 0) is 48.8 Å². The van der Waals surface area contributed by atoms with Gasteiger partial charge >= 0.3 is 0 Å². The molecule has 1 radical (unpaired) electrons. The van der Waals surface area contributed by atoms with Crippen LogP contribution in [0.4, 0.5) is 0 Å². The highest BCUT2D eigenvalue weighted by molar-refractivity contribution is 6.86. The Morgan fingerprint density at radius 2 is 1.27 bits per heavy atom. The first-order valence-corrected chi connectivity index (χ1v) is 10.9. The van der Waals surface area contributed by atoms with Crippen LogP contribution in [0.25, 0.3) is 32.3 Å². The molecule has 0 aliphatic carbocycles. The molecule has 5 aromatic carbocycles. The van der Waals surface area contributed by atoms with E-state index in [1.54, 1.807) is 7.11 Å². The minimum atomic E-state index is -0.934. The zero-order chi connectivity index (χ0) is 17.7. The average Bonchev–Trinajstić information content (AvgIpc) is 2.71. The lowest BCUT2D eigenvalue weighted by molar-refractivity contribution is 0.418. The Labute approximate surface area is 154 Å². The highest BCUT2D eigenvalue weighted by Gasteiger charge is 2.19. The molecule has 0 aliphatic rings. The maximum absolute atomic E-state index is 5.64. The quantitative estimate of drug-likeness (QED) is 0.334. The van der Waals surface area contributed by atoms with Gasteiger partial charge in [0.15, 0.2) is 0 Å². The lowest BCUT2D eigenvalue weighted by atomic mass is 9.94. The topological polar surface area (TPSA) is 9.23 Å². The zero-order valence-electron chi connectivity index (χ0n) is 14.9. The van der Waals surface area contributed by atoms with E-state index in [1.807, 2.05) is 6.07 Å². The highest BCUT2D eigenvalue weighted by atomic mass is 28.3. The van der Waals surface area contributed by atoms with Crippen molar-refractivity contribution in [2.45, 2.75) is 6.55 Å². The number of hydrogen-bond acceptors (Lipinski definition) is 1. The summed E-state index contributed by atoms with van der Waals surface area (Å²) in [7, 11) is 0.828. The van der Waals surface area contributed by atoms with Crippen molar-refractivity contribution in [3.63, 3.8) is 0 Å². The van der Waals surface area contributed by atoms with Crippen LogP contribution in [0.15, 0.2) is 78.9 Å². The first kappa shape index (κ1) is 15.4. The van der Waals surface area contributed by atoms with Gasteiger partial charge in [0, 0.05) is 0 Å². The van der Waals surface area contributed by atoms with Gasteiger partial charge in [0.2, 0.25) is 0 Å². The summed E-state index contributed by atoms with van der Waals surface area (Å²) in [4.78, 5) is 0. The molecule has 2 heteroatoms. The summed E-state index contributed by atoms with van der Waals surface area (Å²) in [6, 6.07) is 28.7. The van der Waals surface area contributed by atoms with Crippen LogP contribution in [0, 0.1) is 0 Å². The van der Waals surface area contributed by atoms with Crippen LogP contribution in [0.5, 0.6) is 5.75 Å². The molecule has 0 aliphatic heterocycles. The van der Waals surface area contributed by atoms with E-state index in [0.29, 0.717) is 0 Å². The van der Waals surface area contributed by atoms with Crippen molar-refractivity contribution in [2.24, 2.45) is 0 Å². The van der Waals surface area contributed by atoms with Crippen molar-refractivity contribution in [3.05, 3.63) is 78.9 Å². The van der Waals surface area contributed by atoms with E-state index >= 15 is 0 Å². The Morgan fingerprint density at radius 1 is 0.615 bits per heavy atom. The van der Waals surface area contributed by atoms with Crippen molar-refractivity contribution in [2.75, 3.05) is 7.11 Å². The maximum Gasteiger partial charge on any atom is 0.124 e. The second kappa shape index (κ2) is 5.86. The summed E-state index contributed by atoms with van der Waals surface area (Å²) in [5, 5.41) is 10.9. The number of methoxy groups -OCH3 is 1. The van der Waals surface area contributed by atoms with Crippen molar-refractivity contribution >= 4 is 51.5 Å². The third-order valence-corrected chi connectivity index (χ3v) is 7.91. The monoisotopic (exact) mass is 351 g/mol. The lowest BCUT2D eigenvalue weighted by Gasteiger charge is -2.19. The fourth-order valence-corrected chi connectivity index (χ4v) is 6.30. The van der Waals surface area contributed by atoms with Crippen molar-refractivity contribution in [1.29, 1.82) is 0 Å². The lowest BCUT2D eigenvalue weighted by Crippen LogP contribution is -2.40. The second-order valence-electron chi connectivity index (χ2n) is 6.79. The number of hydrogen-bond donors (Lipinski definition) is 0. The Balaban J connectivity index is 1.83. The molecule has 0 spiro atoms. The Morgan fingerprint density at radius 3 is 2.04 bits per heavy atom. The summed E-state index contributed by atoms with van der Waals surface area (Å²) < 4.78 is 5.64.